The van der Waals surface area contributed by atoms with Gasteiger partial charge in [-0.2, -0.15) is 0 Å². The molecule has 226 valence electrons. The van der Waals surface area contributed by atoms with Gasteiger partial charge in [0.1, 0.15) is 0 Å². The fourth-order valence-corrected chi connectivity index (χ4v) is 3.74. The second-order valence-electron chi connectivity index (χ2n) is 12.6. The Labute approximate surface area is 239 Å². The van der Waals surface area contributed by atoms with Crippen LogP contribution in [0.15, 0.2) is 18.2 Å². The van der Waals surface area contributed by atoms with Crippen molar-refractivity contribution in [1.82, 2.24) is 5.32 Å². The lowest BCUT2D eigenvalue weighted by Gasteiger charge is -2.34. The molecule has 0 radical (unpaired) electrons. The van der Waals surface area contributed by atoms with E-state index in [1.165, 1.54) is 12.1 Å². The van der Waals surface area contributed by atoms with Crippen LogP contribution in [0.2, 0.25) is 0 Å². The maximum atomic E-state index is 12.8. The van der Waals surface area contributed by atoms with Gasteiger partial charge in [0.25, 0.3) is 5.72 Å². The molecule has 0 aromatic heterocycles. The van der Waals surface area contributed by atoms with E-state index in [0.717, 1.165) is 0 Å². The highest BCUT2D eigenvalue weighted by atomic mass is 16.6. The minimum atomic E-state index is -2.06. The molecule has 0 aliphatic carbocycles. The zero-order valence-electron chi connectivity index (χ0n) is 25.7. The molecule has 0 heterocycles. The van der Waals surface area contributed by atoms with Gasteiger partial charge in [-0.3, -0.25) is 19.7 Å². The van der Waals surface area contributed by atoms with E-state index >= 15 is 0 Å². The summed E-state index contributed by atoms with van der Waals surface area (Å²) in [4.78, 5) is 50.5. The van der Waals surface area contributed by atoms with Gasteiger partial charge in [0.15, 0.2) is 11.5 Å². The van der Waals surface area contributed by atoms with Gasteiger partial charge in [0.2, 0.25) is 0 Å². The fraction of sp³-hybridized carbons (Fsp3) is 0.677. The van der Waals surface area contributed by atoms with Crippen molar-refractivity contribution >= 4 is 23.9 Å². The number of aliphatic carboxylic acids is 1. The summed E-state index contributed by atoms with van der Waals surface area (Å²) in [6.45, 7) is 17.3. The van der Waals surface area contributed by atoms with Crippen LogP contribution in [0.25, 0.3) is 0 Å². The van der Waals surface area contributed by atoms with Crippen molar-refractivity contribution < 1.29 is 38.5 Å². The van der Waals surface area contributed by atoms with Crippen molar-refractivity contribution in [2.24, 2.45) is 17.3 Å². The Hall–Kier alpha value is -2.94. The van der Waals surface area contributed by atoms with Gasteiger partial charge in [0.05, 0.1) is 6.42 Å². The molecule has 9 heteroatoms. The predicted molar refractivity (Wildman–Crippen MR) is 153 cm³/mol. The Morgan fingerprint density at radius 1 is 0.850 bits per heavy atom. The van der Waals surface area contributed by atoms with Gasteiger partial charge >= 0.3 is 23.9 Å². The highest BCUT2D eigenvalue weighted by Gasteiger charge is 2.44. The topological polar surface area (TPSA) is 128 Å². The van der Waals surface area contributed by atoms with E-state index in [0.29, 0.717) is 30.7 Å². The standard InChI is InChI=1S/C31H49NO8/c1-10-22(6)32-31(29(36)37,40-28(35)19-30(7,8)9)18-23-13-14-24(38-26(33)15-11-20(2)3)25(17-23)39-27(34)16-12-21(4)5/h13-14,17,20-22,32H,10-12,15-16,18-19H2,1-9H3,(H,36,37)/t22?,31-/m0/s1. The number of carboxylic acid groups (broad SMARTS) is 1. The van der Waals surface area contributed by atoms with Crippen molar-refractivity contribution in [3.8, 4) is 11.5 Å². The number of carbonyl (C=O) groups excluding carboxylic acids is 3. The summed E-state index contributed by atoms with van der Waals surface area (Å²) in [5, 5.41) is 13.3. The van der Waals surface area contributed by atoms with Gasteiger partial charge in [-0.25, -0.2) is 4.79 Å². The lowest BCUT2D eigenvalue weighted by atomic mass is 9.92. The molecule has 1 unspecified atom stereocenters. The van der Waals surface area contributed by atoms with Crippen molar-refractivity contribution in [1.29, 1.82) is 0 Å². The Bertz CT molecular complexity index is 1010. The first-order chi connectivity index (χ1) is 18.5. The number of hydrogen-bond donors (Lipinski definition) is 2. The number of benzene rings is 1. The van der Waals surface area contributed by atoms with E-state index in [-0.39, 0.29) is 49.1 Å². The van der Waals surface area contributed by atoms with E-state index in [4.69, 9.17) is 14.2 Å². The van der Waals surface area contributed by atoms with Crippen molar-refractivity contribution in [2.75, 3.05) is 0 Å². The summed E-state index contributed by atoms with van der Waals surface area (Å²) in [7, 11) is 0. The monoisotopic (exact) mass is 563 g/mol. The molecule has 0 saturated carbocycles. The number of hydrogen-bond acceptors (Lipinski definition) is 8. The molecule has 2 atom stereocenters. The minimum Gasteiger partial charge on any atom is -0.477 e. The molecule has 1 rings (SSSR count). The van der Waals surface area contributed by atoms with Gasteiger partial charge in [-0.05, 0) is 61.1 Å². The quantitative estimate of drug-likeness (QED) is 0.140. The molecule has 1 aromatic carbocycles. The summed E-state index contributed by atoms with van der Waals surface area (Å²) in [5.74, 6) is -2.29. The van der Waals surface area contributed by atoms with E-state index < -0.39 is 35.0 Å². The van der Waals surface area contributed by atoms with Crippen LogP contribution < -0.4 is 14.8 Å². The zero-order chi connectivity index (χ0) is 30.7. The second-order valence-corrected chi connectivity index (χ2v) is 12.6. The van der Waals surface area contributed by atoms with Crippen LogP contribution >= 0.6 is 0 Å². The first kappa shape index (κ1) is 35.1. The third-order valence-corrected chi connectivity index (χ3v) is 6.16. The molecule has 9 nitrogen and oxygen atoms in total. The van der Waals surface area contributed by atoms with Gasteiger partial charge in [-0.15, -0.1) is 0 Å². The Morgan fingerprint density at radius 3 is 1.82 bits per heavy atom. The first-order valence-corrected chi connectivity index (χ1v) is 14.2. The minimum absolute atomic E-state index is 0.00741. The molecule has 0 fully saturated rings. The number of rotatable bonds is 16. The van der Waals surface area contributed by atoms with Crippen molar-refractivity contribution in [2.45, 2.75) is 119 Å². The van der Waals surface area contributed by atoms with Crippen molar-refractivity contribution in [3.63, 3.8) is 0 Å². The van der Waals surface area contributed by atoms with E-state index in [1.807, 2.05) is 55.4 Å². The fourth-order valence-electron chi connectivity index (χ4n) is 3.74. The molecule has 0 amide bonds. The number of carbonyl (C=O) groups is 4. The number of ether oxygens (including phenoxy) is 3. The molecule has 0 saturated heterocycles. The highest BCUT2D eigenvalue weighted by molar-refractivity contribution is 5.82. The average molecular weight is 564 g/mol. The molecular weight excluding hydrogens is 514 g/mol. The predicted octanol–water partition coefficient (Wildman–Crippen LogP) is 6.06. The van der Waals surface area contributed by atoms with Gasteiger partial charge in [0, 0.05) is 25.3 Å². The smallest absolute Gasteiger partial charge is 0.364 e. The number of nitrogens with one attached hydrogen (secondary N) is 1. The molecule has 0 aliphatic heterocycles. The molecule has 1 aromatic rings. The molecule has 0 aliphatic rings. The summed E-state index contributed by atoms with van der Waals surface area (Å²) in [5.41, 5.74) is -2.06. The SMILES string of the molecule is CCC(C)N[C@@](Cc1ccc(OC(=O)CCC(C)C)c(OC(=O)CCC(C)C)c1)(OC(=O)CC(C)(C)C)C(=O)O. The third kappa shape index (κ3) is 12.9. The summed E-state index contributed by atoms with van der Waals surface area (Å²) < 4.78 is 16.8. The van der Waals surface area contributed by atoms with E-state index in [9.17, 15) is 24.3 Å². The van der Waals surface area contributed by atoms with Crippen LogP contribution in [0.4, 0.5) is 0 Å². The summed E-state index contributed by atoms with van der Waals surface area (Å²) in [6, 6.07) is 4.23. The normalized spacial score (nSPS) is 14.0. The average Bonchev–Trinajstić information content (AvgIpc) is 2.81. The van der Waals surface area contributed by atoms with Crippen LogP contribution in [0.5, 0.6) is 11.5 Å². The lowest BCUT2D eigenvalue weighted by Crippen LogP contribution is -2.59. The van der Waals surface area contributed by atoms with Gasteiger partial charge in [-0.1, -0.05) is 61.5 Å². The van der Waals surface area contributed by atoms with Crippen LogP contribution in [0.1, 0.15) is 106 Å². The largest absolute Gasteiger partial charge is 0.477 e. The maximum Gasteiger partial charge on any atom is 0.364 e. The maximum absolute atomic E-state index is 12.8. The molecule has 2 N–H and O–H groups in total. The zero-order valence-corrected chi connectivity index (χ0v) is 25.7. The Kier molecular flexibility index (Phi) is 13.8. The number of carboxylic acids is 1. The Morgan fingerprint density at radius 2 is 1.38 bits per heavy atom. The molecule has 0 spiro atoms. The molecular formula is C31H49NO8. The summed E-state index contributed by atoms with van der Waals surface area (Å²) >= 11 is 0. The molecule has 40 heavy (non-hydrogen) atoms. The Balaban J connectivity index is 3.44. The lowest BCUT2D eigenvalue weighted by molar-refractivity contribution is -0.185. The van der Waals surface area contributed by atoms with Crippen molar-refractivity contribution in [3.05, 3.63) is 23.8 Å². The second kappa shape index (κ2) is 15.7. The summed E-state index contributed by atoms with van der Waals surface area (Å²) in [6.07, 6.45) is 1.99. The van der Waals surface area contributed by atoms with Gasteiger partial charge < -0.3 is 19.3 Å². The first-order valence-electron chi connectivity index (χ1n) is 14.2. The van der Waals surface area contributed by atoms with E-state index in [1.54, 1.807) is 13.0 Å². The van der Waals surface area contributed by atoms with Crippen LogP contribution in [-0.2, 0) is 30.3 Å². The van der Waals surface area contributed by atoms with Crippen LogP contribution in [0.3, 0.4) is 0 Å². The third-order valence-electron chi connectivity index (χ3n) is 6.16. The highest BCUT2D eigenvalue weighted by Crippen LogP contribution is 2.32. The molecule has 0 bridgehead atoms. The van der Waals surface area contributed by atoms with E-state index in [2.05, 4.69) is 5.32 Å². The number of esters is 3. The van der Waals surface area contributed by atoms with Crippen LogP contribution in [-0.4, -0.2) is 40.8 Å². The van der Waals surface area contributed by atoms with Crippen LogP contribution in [0, 0.1) is 17.3 Å².